The molecule has 0 spiro atoms. The van der Waals surface area contributed by atoms with E-state index in [9.17, 15) is 9.90 Å². The molecule has 0 aromatic rings. The van der Waals surface area contributed by atoms with E-state index in [1.165, 1.54) is 11.1 Å². The van der Waals surface area contributed by atoms with Crippen molar-refractivity contribution >= 4 is 5.78 Å². The summed E-state index contributed by atoms with van der Waals surface area (Å²) in [6.45, 7) is 7.80. The lowest BCUT2D eigenvalue weighted by atomic mass is 9.71. The van der Waals surface area contributed by atoms with E-state index < -0.39 is 0 Å². The van der Waals surface area contributed by atoms with Gasteiger partial charge in [0.25, 0.3) is 0 Å². The van der Waals surface area contributed by atoms with Crippen molar-refractivity contribution in [3.8, 4) is 0 Å². The van der Waals surface area contributed by atoms with Gasteiger partial charge in [-0.05, 0) is 43.8 Å². The molecule has 0 amide bonds. The smallest absolute Gasteiger partial charge is 0.152 e. The van der Waals surface area contributed by atoms with Crippen LogP contribution in [-0.4, -0.2) is 17.0 Å². The van der Waals surface area contributed by atoms with Crippen LogP contribution in [0.4, 0.5) is 0 Å². The fraction of sp³-hybridized carbons (Fsp3) is 0.615. The second-order valence-electron chi connectivity index (χ2n) is 5.08. The molecular formula is C13H20O2. The highest BCUT2D eigenvalue weighted by molar-refractivity contribution is 5.87. The summed E-state index contributed by atoms with van der Waals surface area (Å²) >= 11 is 0. The minimum absolute atomic E-state index is 0.0340. The first kappa shape index (κ1) is 12.2. The molecule has 2 nitrogen and oxygen atoms in total. The summed E-state index contributed by atoms with van der Waals surface area (Å²) in [5, 5.41) is 9.69. The number of aliphatic hydroxyl groups is 1. The van der Waals surface area contributed by atoms with Crippen molar-refractivity contribution in [2.24, 2.45) is 5.41 Å². The second kappa shape index (κ2) is 4.31. The van der Waals surface area contributed by atoms with E-state index in [1.54, 1.807) is 13.0 Å². The second-order valence-corrected chi connectivity index (χ2v) is 5.08. The maximum Gasteiger partial charge on any atom is 0.152 e. The Kier molecular flexibility index (Phi) is 3.50. The third-order valence-electron chi connectivity index (χ3n) is 2.96. The quantitative estimate of drug-likeness (QED) is 0.708. The summed E-state index contributed by atoms with van der Waals surface area (Å²) in [4.78, 5) is 10.9. The SMILES string of the molecule is CC(=O)C=CC1=C(C)C[C@H](O)CC1(C)C. The molecule has 0 saturated carbocycles. The lowest BCUT2D eigenvalue weighted by Crippen LogP contribution is -2.28. The summed E-state index contributed by atoms with van der Waals surface area (Å²) < 4.78 is 0. The van der Waals surface area contributed by atoms with Gasteiger partial charge in [-0.1, -0.05) is 25.5 Å². The first-order valence-corrected chi connectivity index (χ1v) is 5.40. The van der Waals surface area contributed by atoms with E-state index in [4.69, 9.17) is 0 Å². The summed E-state index contributed by atoms with van der Waals surface area (Å²) in [7, 11) is 0. The summed E-state index contributed by atoms with van der Waals surface area (Å²) in [5.74, 6) is 0.0669. The predicted octanol–water partition coefficient (Wildman–Crippen LogP) is 2.63. The summed E-state index contributed by atoms with van der Waals surface area (Å²) in [6.07, 6.45) is 4.76. The van der Waals surface area contributed by atoms with Crippen molar-refractivity contribution in [2.45, 2.75) is 46.6 Å². The number of aliphatic hydroxyl groups excluding tert-OH is 1. The molecule has 0 fully saturated rings. The van der Waals surface area contributed by atoms with Gasteiger partial charge >= 0.3 is 0 Å². The van der Waals surface area contributed by atoms with Crippen LogP contribution in [0.3, 0.4) is 0 Å². The van der Waals surface area contributed by atoms with Crippen LogP contribution in [0, 0.1) is 5.41 Å². The highest BCUT2D eigenvalue weighted by atomic mass is 16.3. The van der Waals surface area contributed by atoms with Crippen LogP contribution in [0.5, 0.6) is 0 Å². The lowest BCUT2D eigenvalue weighted by molar-refractivity contribution is -0.112. The van der Waals surface area contributed by atoms with E-state index in [0.717, 1.165) is 12.8 Å². The van der Waals surface area contributed by atoms with Gasteiger partial charge in [0, 0.05) is 0 Å². The Morgan fingerprint density at radius 3 is 2.60 bits per heavy atom. The van der Waals surface area contributed by atoms with Crippen LogP contribution >= 0.6 is 0 Å². The first-order valence-electron chi connectivity index (χ1n) is 5.40. The molecule has 15 heavy (non-hydrogen) atoms. The highest BCUT2D eigenvalue weighted by Crippen LogP contribution is 2.40. The normalized spacial score (nSPS) is 26.1. The number of allylic oxidation sites excluding steroid dienone is 3. The van der Waals surface area contributed by atoms with Crippen LogP contribution in [0.15, 0.2) is 23.3 Å². The van der Waals surface area contributed by atoms with Gasteiger partial charge in [0.15, 0.2) is 5.78 Å². The average molecular weight is 208 g/mol. The molecule has 0 radical (unpaired) electrons. The van der Waals surface area contributed by atoms with Gasteiger partial charge < -0.3 is 5.11 Å². The minimum atomic E-state index is -0.241. The molecule has 0 saturated heterocycles. The number of carbonyl (C=O) groups excluding carboxylic acids is 1. The Balaban J connectivity index is 3.01. The summed E-state index contributed by atoms with van der Waals surface area (Å²) in [6, 6.07) is 0. The Bertz CT molecular complexity index is 321. The molecule has 2 heteroatoms. The molecule has 0 unspecified atom stereocenters. The zero-order chi connectivity index (χ0) is 11.6. The molecule has 0 bridgehead atoms. The molecule has 0 aromatic carbocycles. The average Bonchev–Trinajstić information content (AvgIpc) is 1.98. The first-order chi connectivity index (χ1) is 6.83. The largest absolute Gasteiger partial charge is 0.393 e. The minimum Gasteiger partial charge on any atom is -0.393 e. The van der Waals surface area contributed by atoms with Gasteiger partial charge in [0.1, 0.15) is 0 Å². The molecule has 1 aliphatic carbocycles. The zero-order valence-corrected chi connectivity index (χ0v) is 10.0. The third kappa shape index (κ3) is 3.03. The Hall–Kier alpha value is -0.890. The van der Waals surface area contributed by atoms with E-state index in [-0.39, 0.29) is 17.3 Å². The molecule has 0 heterocycles. The van der Waals surface area contributed by atoms with Gasteiger partial charge in [-0.15, -0.1) is 0 Å². The summed E-state index contributed by atoms with van der Waals surface area (Å²) in [5.41, 5.74) is 2.35. The number of carbonyl (C=O) groups is 1. The molecule has 0 aromatic heterocycles. The van der Waals surface area contributed by atoms with Crippen LogP contribution in [-0.2, 0) is 4.79 Å². The maximum atomic E-state index is 10.9. The predicted molar refractivity (Wildman–Crippen MR) is 61.5 cm³/mol. The molecule has 84 valence electrons. The van der Waals surface area contributed by atoms with Gasteiger partial charge in [0.05, 0.1) is 6.10 Å². The molecule has 1 atom stereocenters. The van der Waals surface area contributed by atoms with E-state index >= 15 is 0 Å². The standard InChI is InChI=1S/C13H20O2/c1-9-7-11(15)8-13(3,4)12(9)6-5-10(2)14/h5-6,11,15H,7-8H2,1-4H3/t11-/m0/s1. The number of ketones is 1. The van der Waals surface area contributed by atoms with Crippen LogP contribution < -0.4 is 0 Å². The molecule has 1 aliphatic rings. The van der Waals surface area contributed by atoms with Gasteiger partial charge in [-0.25, -0.2) is 0 Å². The molecule has 0 aliphatic heterocycles. The van der Waals surface area contributed by atoms with E-state index in [1.807, 2.05) is 13.0 Å². The molecule has 1 rings (SSSR count). The molecular weight excluding hydrogens is 188 g/mol. The van der Waals surface area contributed by atoms with Crippen molar-refractivity contribution in [3.63, 3.8) is 0 Å². The fourth-order valence-electron chi connectivity index (χ4n) is 2.38. The maximum absolute atomic E-state index is 10.9. The number of rotatable bonds is 2. The van der Waals surface area contributed by atoms with E-state index in [0.29, 0.717) is 0 Å². The highest BCUT2D eigenvalue weighted by Gasteiger charge is 2.31. The number of hydrogen-bond donors (Lipinski definition) is 1. The zero-order valence-electron chi connectivity index (χ0n) is 10.0. The molecule has 1 N–H and O–H groups in total. The van der Waals surface area contributed by atoms with Crippen LogP contribution in [0.25, 0.3) is 0 Å². The Morgan fingerprint density at radius 1 is 1.53 bits per heavy atom. The van der Waals surface area contributed by atoms with Crippen molar-refractivity contribution < 1.29 is 9.90 Å². The fourth-order valence-corrected chi connectivity index (χ4v) is 2.38. The van der Waals surface area contributed by atoms with Crippen molar-refractivity contribution in [3.05, 3.63) is 23.3 Å². The third-order valence-corrected chi connectivity index (χ3v) is 2.96. The van der Waals surface area contributed by atoms with Gasteiger partial charge in [-0.2, -0.15) is 0 Å². The van der Waals surface area contributed by atoms with Crippen LogP contribution in [0.2, 0.25) is 0 Å². The van der Waals surface area contributed by atoms with Crippen molar-refractivity contribution in [2.75, 3.05) is 0 Å². The Labute approximate surface area is 91.7 Å². The monoisotopic (exact) mass is 208 g/mol. The van der Waals surface area contributed by atoms with Gasteiger partial charge in [0.2, 0.25) is 0 Å². The number of hydrogen-bond acceptors (Lipinski definition) is 2. The van der Waals surface area contributed by atoms with Crippen molar-refractivity contribution in [1.82, 2.24) is 0 Å². The van der Waals surface area contributed by atoms with Crippen LogP contribution in [0.1, 0.15) is 40.5 Å². The van der Waals surface area contributed by atoms with Crippen molar-refractivity contribution in [1.29, 1.82) is 0 Å². The van der Waals surface area contributed by atoms with E-state index in [2.05, 4.69) is 13.8 Å². The Morgan fingerprint density at radius 2 is 2.13 bits per heavy atom. The topological polar surface area (TPSA) is 37.3 Å². The van der Waals surface area contributed by atoms with Gasteiger partial charge in [-0.3, -0.25) is 4.79 Å². The lowest BCUT2D eigenvalue weighted by Gasteiger charge is -2.35.